The fourth-order valence-electron chi connectivity index (χ4n) is 2.55. The summed E-state index contributed by atoms with van der Waals surface area (Å²) in [5, 5.41) is 11.0. The summed E-state index contributed by atoms with van der Waals surface area (Å²) in [5.41, 5.74) is 1.75. The molecule has 0 aliphatic heterocycles. The van der Waals surface area contributed by atoms with Gasteiger partial charge < -0.3 is 9.73 Å². The Hall–Kier alpha value is -3.74. The van der Waals surface area contributed by atoms with Crippen LogP contribution >= 0.6 is 0 Å². The van der Waals surface area contributed by atoms with Crippen molar-refractivity contribution in [1.29, 1.82) is 0 Å². The van der Waals surface area contributed by atoms with Gasteiger partial charge in [-0.2, -0.15) is 9.90 Å². The molecule has 134 valence electrons. The highest BCUT2D eigenvalue weighted by atomic mass is 19.1. The van der Waals surface area contributed by atoms with Crippen molar-refractivity contribution in [2.24, 2.45) is 0 Å². The van der Waals surface area contributed by atoms with Crippen molar-refractivity contribution in [2.75, 3.05) is 0 Å². The van der Waals surface area contributed by atoms with Gasteiger partial charge in [0.15, 0.2) is 5.69 Å². The quantitative estimate of drug-likeness (QED) is 0.589. The Morgan fingerprint density at radius 3 is 2.59 bits per heavy atom. The predicted molar refractivity (Wildman–Crippen MR) is 96.6 cm³/mol. The first-order valence-electron chi connectivity index (χ1n) is 8.30. The van der Waals surface area contributed by atoms with Crippen LogP contribution in [-0.4, -0.2) is 20.9 Å². The van der Waals surface area contributed by atoms with E-state index >= 15 is 0 Å². The minimum absolute atomic E-state index is 0.207. The lowest BCUT2D eigenvalue weighted by molar-refractivity contribution is 0.0942. The van der Waals surface area contributed by atoms with Gasteiger partial charge in [0.05, 0.1) is 18.4 Å². The predicted octanol–water partition coefficient (Wildman–Crippen LogP) is 3.60. The van der Waals surface area contributed by atoms with Crippen LogP contribution in [-0.2, 0) is 6.54 Å². The zero-order valence-corrected chi connectivity index (χ0v) is 14.2. The molecule has 6 nitrogen and oxygen atoms in total. The highest BCUT2D eigenvalue weighted by Gasteiger charge is 2.12. The van der Waals surface area contributed by atoms with Gasteiger partial charge in [-0.15, -0.1) is 5.10 Å². The Bertz CT molecular complexity index is 1060. The summed E-state index contributed by atoms with van der Waals surface area (Å²) in [5.74, 6) is 0.533. The third-order valence-corrected chi connectivity index (χ3v) is 3.93. The second-order valence-electron chi connectivity index (χ2n) is 5.81. The van der Waals surface area contributed by atoms with Crippen molar-refractivity contribution in [2.45, 2.75) is 6.54 Å². The first-order valence-corrected chi connectivity index (χ1v) is 8.30. The molecule has 0 saturated carbocycles. The van der Waals surface area contributed by atoms with Crippen molar-refractivity contribution in [1.82, 2.24) is 20.3 Å². The molecule has 4 rings (SSSR count). The molecule has 1 N–H and O–H groups in total. The first-order chi connectivity index (χ1) is 13.2. The normalized spacial score (nSPS) is 10.7. The number of rotatable bonds is 5. The van der Waals surface area contributed by atoms with Crippen molar-refractivity contribution < 1.29 is 13.6 Å². The van der Waals surface area contributed by atoms with Gasteiger partial charge in [-0.05, 0) is 48.5 Å². The Balaban J connectivity index is 1.40. The molecule has 2 aromatic heterocycles. The number of carbonyl (C=O) groups excluding carboxylic acids is 1. The van der Waals surface area contributed by atoms with Crippen LogP contribution in [0.15, 0.2) is 77.3 Å². The van der Waals surface area contributed by atoms with Crippen LogP contribution in [0.3, 0.4) is 0 Å². The number of nitrogens with zero attached hydrogens (tertiary/aromatic N) is 3. The molecule has 0 aliphatic carbocycles. The van der Waals surface area contributed by atoms with Crippen LogP contribution in [0, 0.1) is 5.82 Å². The molecule has 0 atom stereocenters. The van der Waals surface area contributed by atoms with E-state index in [1.165, 1.54) is 23.1 Å². The maximum absolute atomic E-state index is 13.0. The van der Waals surface area contributed by atoms with Crippen LogP contribution in [0.5, 0.6) is 0 Å². The topological polar surface area (TPSA) is 73.0 Å². The number of amides is 1. The Labute approximate surface area is 154 Å². The summed E-state index contributed by atoms with van der Waals surface area (Å²) in [4.78, 5) is 13.7. The van der Waals surface area contributed by atoms with E-state index in [-0.39, 0.29) is 24.0 Å². The summed E-state index contributed by atoms with van der Waals surface area (Å²) in [6, 6.07) is 18.9. The highest BCUT2D eigenvalue weighted by molar-refractivity contribution is 5.91. The van der Waals surface area contributed by atoms with Gasteiger partial charge in [-0.1, -0.05) is 18.2 Å². The molecule has 0 radical (unpaired) electrons. The Kier molecular flexibility index (Phi) is 4.49. The van der Waals surface area contributed by atoms with Gasteiger partial charge in [0.2, 0.25) is 0 Å². The van der Waals surface area contributed by atoms with E-state index in [4.69, 9.17) is 4.42 Å². The number of furan rings is 1. The van der Waals surface area contributed by atoms with Crippen molar-refractivity contribution in [3.05, 3.63) is 90.2 Å². The third-order valence-electron chi connectivity index (χ3n) is 3.93. The fourth-order valence-corrected chi connectivity index (χ4v) is 2.55. The molecule has 0 unspecified atom stereocenters. The number of carbonyl (C=O) groups is 1. The zero-order valence-electron chi connectivity index (χ0n) is 14.2. The van der Waals surface area contributed by atoms with Gasteiger partial charge in [-0.3, -0.25) is 4.79 Å². The van der Waals surface area contributed by atoms with E-state index in [0.717, 1.165) is 11.3 Å². The van der Waals surface area contributed by atoms with E-state index in [0.29, 0.717) is 11.5 Å². The molecule has 27 heavy (non-hydrogen) atoms. The number of aromatic nitrogens is 3. The Morgan fingerprint density at radius 1 is 1.04 bits per heavy atom. The molecule has 0 spiro atoms. The fraction of sp³-hybridized carbons (Fsp3) is 0.0500. The van der Waals surface area contributed by atoms with E-state index < -0.39 is 0 Å². The lowest BCUT2D eigenvalue weighted by Crippen LogP contribution is -2.23. The maximum atomic E-state index is 13.0. The molecular formula is C20H15FN4O2. The SMILES string of the molecule is O=C(NCc1ccc(-c2ccc(F)cc2)o1)c1cnn(-c2ccccc2)n1. The summed E-state index contributed by atoms with van der Waals surface area (Å²) in [7, 11) is 0. The van der Waals surface area contributed by atoms with Crippen LogP contribution in [0.2, 0.25) is 0 Å². The minimum atomic E-state index is -0.350. The molecule has 0 bridgehead atoms. The molecule has 4 aromatic rings. The molecule has 2 aromatic carbocycles. The minimum Gasteiger partial charge on any atom is -0.459 e. The average molecular weight is 362 g/mol. The van der Waals surface area contributed by atoms with E-state index in [1.54, 1.807) is 24.3 Å². The standard InChI is InChI=1S/C20H15FN4O2/c21-15-8-6-14(7-9-15)19-11-10-17(27-19)12-22-20(26)18-13-23-25(24-18)16-4-2-1-3-5-16/h1-11,13H,12H2,(H,22,26). The van der Waals surface area contributed by atoms with Gasteiger partial charge in [0.25, 0.3) is 5.91 Å². The van der Waals surface area contributed by atoms with Crippen LogP contribution in [0.4, 0.5) is 4.39 Å². The number of para-hydroxylation sites is 1. The van der Waals surface area contributed by atoms with E-state index in [1.807, 2.05) is 30.3 Å². The summed E-state index contributed by atoms with van der Waals surface area (Å²) >= 11 is 0. The van der Waals surface area contributed by atoms with Gasteiger partial charge in [0.1, 0.15) is 17.3 Å². The number of nitrogens with one attached hydrogen (secondary N) is 1. The molecule has 1 amide bonds. The lowest BCUT2D eigenvalue weighted by Gasteiger charge is -2.01. The largest absolute Gasteiger partial charge is 0.459 e. The molecule has 2 heterocycles. The second kappa shape index (κ2) is 7.25. The van der Waals surface area contributed by atoms with Crippen LogP contribution in [0.25, 0.3) is 17.0 Å². The zero-order chi connectivity index (χ0) is 18.6. The Morgan fingerprint density at radius 2 is 1.81 bits per heavy atom. The van der Waals surface area contributed by atoms with Crippen molar-refractivity contribution in [3.8, 4) is 17.0 Å². The molecule has 0 aliphatic rings. The van der Waals surface area contributed by atoms with Gasteiger partial charge in [-0.25, -0.2) is 4.39 Å². The third kappa shape index (κ3) is 3.77. The summed E-state index contributed by atoms with van der Waals surface area (Å²) in [6.45, 7) is 0.207. The average Bonchev–Trinajstić information content (AvgIpc) is 3.37. The van der Waals surface area contributed by atoms with Crippen molar-refractivity contribution in [3.63, 3.8) is 0 Å². The first kappa shape index (κ1) is 16.7. The van der Waals surface area contributed by atoms with Crippen molar-refractivity contribution >= 4 is 5.91 Å². The number of hydrogen-bond acceptors (Lipinski definition) is 4. The van der Waals surface area contributed by atoms with Crippen LogP contribution in [0.1, 0.15) is 16.2 Å². The highest BCUT2D eigenvalue weighted by Crippen LogP contribution is 2.22. The summed E-state index contributed by atoms with van der Waals surface area (Å²) < 4.78 is 18.7. The van der Waals surface area contributed by atoms with Gasteiger partial charge in [0, 0.05) is 5.56 Å². The number of hydrogen-bond donors (Lipinski definition) is 1. The van der Waals surface area contributed by atoms with E-state index in [9.17, 15) is 9.18 Å². The van der Waals surface area contributed by atoms with Gasteiger partial charge >= 0.3 is 0 Å². The smallest absolute Gasteiger partial charge is 0.273 e. The van der Waals surface area contributed by atoms with Crippen LogP contribution < -0.4 is 5.32 Å². The number of halogens is 1. The molecular weight excluding hydrogens is 347 g/mol. The second-order valence-corrected chi connectivity index (χ2v) is 5.81. The molecule has 0 saturated heterocycles. The maximum Gasteiger partial charge on any atom is 0.273 e. The summed E-state index contributed by atoms with van der Waals surface area (Å²) in [6.07, 6.45) is 1.41. The molecule has 7 heteroatoms. The molecule has 0 fully saturated rings. The number of benzene rings is 2. The lowest BCUT2D eigenvalue weighted by atomic mass is 10.2. The van der Waals surface area contributed by atoms with E-state index in [2.05, 4.69) is 15.5 Å². The monoisotopic (exact) mass is 362 g/mol.